The first-order chi connectivity index (χ1) is 9.92. The molecule has 3 rings (SSSR count). The van der Waals surface area contributed by atoms with Crippen molar-refractivity contribution in [2.24, 2.45) is 0 Å². The summed E-state index contributed by atoms with van der Waals surface area (Å²) in [7, 11) is -1.17. The molecule has 0 saturated heterocycles. The normalized spacial score (nSPS) is 29.4. The van der Waals surface area contributed by atoms with E-state index in [1.54, 1.807) is 0 Å². The van der Waals surface area contributed by atoms with E-state index in [9.17, 15) is 5.11 Å². The van der Waals surface area contributed by atoms with Crippen molar-refractivity contribution in [3.8, 4) is 0 Å². The molecular formula is C19H30OSi. The van der Waals surface area contributed by atoms with Crippen molar-refractivity contribution in [2.75, 3.05) is 0 Å². The van der Waals surface area contributed by atoms with Crippen molar-refractivity contribution < 1.29 is 5.11 Å². The molecular weight excluding hydrogens is 272 g/mol. The lowest BCUT2D eigenvalue weighted by Gasteiger charge is -2.51. The van der Waals surface area contributed by atoms with Gasteiger partial charge in [-0.25, -0.2) is 0 Å². The quantitative estimate of drug-likeness (QED) is 0.744. The van der Waals surface area contributed by atoms with Gasteiger partial charge in [0.2, 0.25) is 0 Å². The highest BCUT2D eigenvalue weighted by Crippen LogP contribution is 2.57. The second-order valence-electron chi connectivity index (χ2n) is 8.39. The molecule has 0 fully saturated rings. The summed E-state index contributed by atoms with van der Waals surface area (Å²) in [6.45, 7) is 7.29. The lowest BCUT2D eigenvalue weighted by Crippen LogP contribution is -2.47. The minimum atomic E-state index is -1.17. The van der Waals surface area contributed by atoms with Crippen LogP contribution < -0.4 is 0 Å². The van der Waals surface area contributed by atoms with Crippen LogP contribution in [-0.2, 0) is 12.0 Å². The van der Waals surface area contributed by atoms with E-state index < -0.39 is 13.7 Å². The summed E-state index contributed by atoms with van der Waals surface area (Å²) in [6.07, 6.45) is 8.58. The van der Waals surface area contributed by atoms with E-state index in [1.807, 2.05) is 0 Å². The minimum Gasteiger partial charge on any atom is -0.385 e. The first-order valence-corrected chi connectivity index (χ1v) is 12.5. The van der Waals surface area contributed by atoms with Gasteiger partial charge in [0.05, 0.1) is 5.60 Å². The van der Waals surface area contributed by atoms with Crippen molar-refractivity contribution in [1.82, 2.24) is 0 Å². The highest BCUT2D eigenvalue weighted by Gasteiger charge is 2.52. The largest absolute Gasteiger partial charge is 0.385 e. The molecule has 1 N–H and O–H groups in total. The number of aryl methyl sites for hydroxylation is 1. The van der Waals surface area contributed by atoms with Gasteiger partial charge in [0.15, 0.2) is 0 Å². The van der Waals surface area contributed by atoms with E-state index in [0.29, 0.717) is 5.92 Å². The van der Waals surface area contributed by atoms with E-state index in [-0.39, 0.29) is 0 Å². The van der Waals surface area contributed by atoms with Crippen LogP contribution in [0.2, 0.25) is 25.7 Å². The third kappa shape index (κ3) is 2.85. The number of hydrogen-bond donors (Lipinski definition) is 1. The summed E-state index contributed by atoms with van der Waals surface area (Å²) >= 11 is 0. The van der Waals surface area contributed by atoms with Crippen LogP contribution in [0.4, 0.5) is 0 Å². The maximum Gasteiger partial charge on any atom is 0.0967 e. The molecule has 0 unspecified atom stereocenters. The van der Waals surface area contributed by atoms with Crippen LogP contribution in [0.1, 0.15) is 61.1 Å². The van der Waals surface area contributed by atoms with Gasteiger partial charge in [-0.15, -0.1) is 0 Å². The lowest BCUT2D eigenvalue weighted by atomic mass is 9.60. The molecule has 0 amide bonds. The molecule has 0 radical (unpaired) electrons. The third-order valence-electron chi connectivity index (χ3n) is 5.39. The van der Waals surface area contributed by atoms with Crippen molar-refractivity contribution >= 4 is 8.07 Å². The fourth-order valence-electron chi connectivity index (χ4n) is 4.43. The number of rotatable bonds is 2. The summed E-state index contributed by atoms with van der Waals surface area (Å²) in [4.78, 5) is 0. The van der Waals surface area contributed by atoms with Gasteiger partial charge in [-0.2, -0.15) is 0 Å². The predicted molar refractivity (Wildman–Crippen MR) is 92.6 cm³/mol. The van der Waals surface area contributed by atoms with Crippen LogP contribution >= 0.6 is 0 Å². The zero-order chi connectivity index (χ0) is 15.1. The first-order valence-electron chi connectivity index (χ1n) is 8.76. The summed E-state index contributed by atoms with van der Waals surface area (Å²) in [6, 6.07) is 7.98. The molecule has 2 atom stereocenters. The summed E-state index contributed by atoms with van der Waals surface area (Å²) in [5.74, 6) is 0.401. The topological polar surface area (TPSA) is 20.2 Å². The Kier molecular flexibility index (Phi) is 4.04. The molecule has 0 aliphatic heterocycles. The van der Waals surface area contributed by atoms with Crippen LogP contribution in [0.15, 0.2) is 18.2 Å². The van der Waals surface area contributed by atoms with Gasteiger partial charge in [-0.3, -0.25) is 0 Å². The highest BCUT2D eigenvalue weighted by molar-refractivity contribution is 6.76. The van der Waals surface area contributed by atoms with Gasteiger partial charge in [0.25, 0.3) is 0 Å². The molecule has 116 valence electrons. The molecule has 2 aliphatic carbocycles. The Bertz CT molecular complexity index is 517. The molecule has 1 aromatic carbocycles. The number of hydrogen-bond acceptors (Lipinski definition) is 1. The maximum absolute atomic E-state index is 11.5. The predicted octanol–water partition coefficient (Wildman–Crippen LogP) is 5.21. The monoisotopic (exact) mass is 302 g/mol. The van der Waals surface area contributed by atoms with E-state index in [2.05, 4.69) is 37.8 Å². The Morgan fingerprint density at radius 1 is 1.10 bits per heavy atom. The van der Waals surface area contributed by atoms with E-state index in [4.69, 9.17) is 0 Å². The number of aliphatic hydroxyl groups is 1. The van der Waals surface area contributed by atoms with Crippen LogP contribution in [0, 0.1) is 0 Å². The molecule has 0 spiro atoms. The molecule has 0 heterocycles. The average molecular weight is 303 g/mol. The Hall–Kier alpha value is -0.603. The molecule has 0 saturated carbocycles. The third-order valence-corrected chi connectivity index (χ3v) is 7.02. The van der Waals surface area contributed by atoms with Crippen molar-refractivity contribution in [2.45, 2.75) is 82.1 Å². The van der Waals surface area contributed by atoms with E-state index in [0.717, 1.165) is 12.8 Å². The minimum absolute atomic E-state index is 0.401. The van der Waals surface area contributed by atoms with Crippen molar-refractivity contribution in [3.63, 3.8) is 0 Å². The smallest absolute Gasteiger partial charge is 0.0967 e. The first kappa shape index (κ1) is 15.3. The number of benzene rings is 1. The van der Waals surface area contributed by atoms with Crippen LogP contribution in [0.25, 0.3) is 0 Å². The fraction of sp³-hybridized carbons (Fsp3) is 0.684. The van der Waals surface area contributed by atoms with Gasteiger partial charge in [0, 0.05) is 14.0 Å². The van der Waals surface area contributed by atoms with Crippen molar-refractivity contribution in [3.05, 3.63) is 34.9 Å². The van der Waals surface area contributed by atoms with Gasteiger partial charge in [-0.05, 0) is 42.0 Å². The molecule has 2 heteroatoms. The second-order valence-corrected chi connectivity index (χ2v) is 13.9. The molecule has 21 heavy (non-hydrogen) atoms. The Morgan fingerprint density at radius 2 is 1.81 bits per heavy atom. The molecule has 2 aliphatic rings. The van der Waals surface area contributed by atoms with Crippen LogP contribution in [0.3, 0.4) is 0 Å². The van der Waals surface area contributed by atoms with E-state index in [1.165, 1.54) is 54.8 Å². The van der Waals surface area contributed by atoms with Crippen LogP contribution in [-0.4, -0.2) is 13.2 Å². The molecule has 0 aromatic heterocycles. The average Bonchev–Trinajstić information content (AvgIpc) is 2.42. The van der Waals surface area contributed by atoms with E-state index >= 15 is 0 Å². The van der Waals surface area contributed by atoms with Gasteiger partial charge < -0.3 is 5.11 Å². The second kappa shape index (κ2) is 5.55. The Labute approximate surface area is 130 Å². The van der Waals surface area contributed by atoms with Crippen molar-refractivity contribution in [1.29, 1.82) is 0 Å². The molecule has 1 nitrogen and oxygen atoms in total. The van der Waals surface area contributed by atoms with Gasteiger partial charge in [-0.1, -0.05) is 63.5 Å². The SMILES string of the molecule is C[Si](C)(C)C[C@H]1c2cccc3c2[C@@]1(O)CCCCCCC3. The van der Waals surface area contributed by atoms with Gasteiger partial charge >= 0.3 is 0 Å². The van der Waals surface area contributed by atoms with Crippen LogP contribution in [0.5, 0.6) is 0 Å². The Morgan fingerprint density at radius 3 is 2.57 bits per heavy atom. The molecule has 1 aromatic rings. The zero-order valence-corrected chi connectivity index (χ0v) is 14.9. The zero-order valence-electron chi connectivity index (χ0n) is 13.9. The fourth-order valence-corrected chi connectivity index (χ4v) is 6.21. The maximum atomic E-state index is 11.5. The standard InChI is InChI=1S/C19H30OSi/c1-21(2,3)14-17-16-12-9-11-15-10-7-5-4-6-8-13-19(17,20)18(15)16/h9,11-12,17,20H,4-8,10,13-14H2,1-3H3/t17-,19+/m0/s1. The summed E-state index contributed by atoms with van der Waals surface area (Å²) < 4.78 is 0. The summed E-state index contributed by atoms with van der Waals surface area (Å²) in [5.41, 5.74) is 3.72. The summed E-state index contributed by atoms with van der Waals surface area (Å²) in [5, 5.41) is 11.5. The highest BCUT2D eigenvalue weighted by atomic mass is 28.3. The lowest BCUT2D eigenvalue weighted by molar-refractivity contribution is -0.0268. The Balaban J connectivity index is 1.98. The van der Waals surface area contributed by atoms with Gasteiger partial charge in [0.1, 0.15) is 0 Å². The molecule has 0 bridgehead atoms.